The summed E-state index contributed by atoms with van der Waals surface area (Å²) in [6, 6.07) is 16.8. The highest BCUT2D eigenvalue weighted by Gasteiger charge is 2.40. The van der Waals surface area contributed by atoms with Crippen molar-refractivity contribution in [3.63, 3.8) is 0 Å². The highest BCUT2D eigenvalue weighted by atomic mass is 16.2. The molecule has 134 valence electrons. The van der Waals surface area contributed by atoms with E-state index in [1.165, 1.54) is 23.2 Å². The zero-order valence-corrected chi connectivity index (χ0v) is 15.1. The van der Waals surface area contributed by atoms with E-state index in [0.29, 0.717) is 5.54 Å². The highest BCUT2D eigenvalue weighted by Crippen LogP contribution is 2.32. The van der Waals surface area contributed by atoms with Gasteiger partial charge in [0.2, 0.25) is 0 Å². The predicted octanol–water partition coefficient (Wildman–Crippen LogP) is 3.17. The van der Waals surface area contributed by atoms with E-state index in [4.69, 9.17) is 0 Å². The Morgan fingerprint density at radius 1 is 0.885 bits per heavy atom. The van der Waals surface area contributed by atoms with E-state index >= 15 is 0 Å². The van der Waals surface area contributed by atoms with Crippen LogP contribution in [-0.2, 0) is 13.1 Å². The quantitative estimate of drug-likeness (QED) is 0.906. The number of piperidine rings is 1. The first-order chi connectivity index (χ1) is 12.7. The summed E-state index contributed by atoms with van der Waals surface area (Å²) in [4.78, 5) is 17.2. The fourth-order valence-electron chi connectivity index (χ4n) is 4.56. The average Bonchev–Trinajstić information content (AvgIpc) is 3.11. The van der Waals surface area contributed by atoms with Crippen LogP contribution in [0.2, 0.25) is 0 Å². The molecule has 3 aliphatic heterocycles. The van der Waals surface area contributed by atoms with Gasteiger partial charge in [-0.2, -0.15) is 0 Å². The SMILES string of the molecule is O=C(c1ccc(N2Cc3ccccc3C2)cc1)N1CCC2(CCN2)CC1. The van der Waals surface area contributed by atoms with E-state index in [2.05, 4.69) is 46.6 Å². The molecule has 4 heteroatoms. The minimum Gasteiger partial charge on any atom is -0.363 e. The van der Waals surface area contributed by atoms with Gasteiger partial charge in [0.15, 0.2) is 0 Å². The van der Waals surface area contributed by atoms with Crippen LogP contribution < -0.4 is 10.2 Å². The number of carbonyl (C=O) groups excluding carboxylic acids is 1. The number of hydrogen-bond donors (Lipinski definition) is 1. The van der Waals surface area contributed by atoms with Crippen LogP contribution in [0.15, 0.2) is 48.5 Å². The van der Waals surface area contributed by atoms with Crippen molar-refractivity contribution in [1.82, 2.24) is 10.2 Å². The lowest BCUT2D eigenvalue weighted by atomic mass is 9.79. The van der Waals surface area contributed by atoms with Crippen molar-refractivity contribution in [3.8, 4) is 0 Å². The molecule has 1 N–H and O–H groups in total. The van der Waals surface area contributed by atoms with Crippen molar-refractivity contribution in [3.05, 3.63) is 65.2 Å². The third-order valence-electron chi connectivity index (χ3n) is 6.43. The lowest BCUT2D eigenvalue weighted by Gasteiger charge is -2.48. The molecule has 3 aliphatic rings. The van der Waals surface area contributed by atoms with Gasteiger partial charge in [-0.15, -0.1) is 0 Å². The van der Waals surface area contributed by atoms with Crippen molar-refractivity contribution in [2.24, 2.45) is 0 Å². The lowest BCUT2D eigenvalue weighted by Crippen LogP contribution is -2.62. The van der Waals surface area contributed by atoms with E-state index in [0.717, 1.165) is 51.1 Å². The summed E-state index contributed by atoms with van der Waals surface area (Å²) in [6.07, 6.45) is 3.44. The minimum atomic E-state index is 0.176. The highest BCUT2D eigenvalue weighted by molar-refractivity contribution is 5.94. The normalized spacial score (nSPS) is 20.8. The summed E-state index contributed by atoms with van der Waals surface area (Å²) in [7, 11) is 0. The number of carbonyl (C=O) groups is 1. The maximum Gasteiger partial charge on any atom is 0.253 e. The molecule has 2 saturated heterocycles. The molecule has 0 unspecified atom stereocenters. The fourth-order valence-corrected chi connectivity index (χ4v) is 4.56. The van der Waals surface area contributed by atoms with Crippen LogP contribution in [0.25, 0.3) is 0 Å². The number of amides is 1. The number of nitrogens with zero attached hydrogens (tertiary/aromatic N) is 2. The Morgan fingerprint density at radius 3 is 2.04 bits per heavy atom. The Morgan fingerprint density at radius 2 is 1.50 bits per heavy atom. The second kappa shape index (κ2) is 6.13. The molecule has 0 aromatic heterocycles. The van der Waals surface area contributed by atoms with Gasteiger partial charge in [0, 0.05) is 43.0 Å². The van der Waals surface area contributed by atoms with Gasteiger partial charge in [0.1, 0.15) is 0 Å². The van der Waals surface area contributed by atoms with Crippen LogP contribution >= 0.6 is 0 Å². The monoisotopic (exact) mass is 347 g/mol. The summed E-state index contributed by atoms with van der Waals surface area (Å²) in [5.41, 5.74) is 5.14. The van der Waals surface area contributed by atoms with E-state index in [1.807, 2.05) is 17.0 Å². The molecule has 2 fully saturated rings. The number of rotatable bonds is 2. The van der Waals surface area contributed by atoms with Crippen molar-refractivity contribution in [1.29, 1.82) is 0 Å². The Balaban J connectivity index is 1.25. The van der Waals surface area contributed by atoms with Crippen molar-refractivity contribution < 1.29 is 4.79 Å². The number of fused-ring (bicyclic) bond motifs is 1. The maximum absolute atomic E-state index is 12.8. The van der Waals surface area contributed by atoms with Gasteiger partial charge < -0.3 is 15.1 Å². The van der Waals surface area contributed by atoms with Crippen molar-refractivity contribution in [2.75, 3.05) is 24.5 Å². The fraction of sp³-hybridized carbons (Fsp3) is 0.409. The molecule has 0 bridgehead atoms. The molecule has 2 aromatic rings. The van der Waals surface area contributed by atoms with Crippen LogP contribution in [-0.4, -0.2) is 36.0 Å². The van der Waals surface area contributed by atoms with E-state index in [-0.39, 0.29) is 5.91 Å². The summed E-state index contributed by atoms with van der Waals surface area (Å²) < 4.78 is 0. The predicted molar refractivity (Wildman–Crippen MR) is 103 cm³/mol. The third-order valence-corrected chi connectivity index (χ3v) is 6.43. The van der Waals surface area contributed by atoms with Gasteiger partial charge in [-0.25, -0.2) is 0 Å². The smallest absolute Gasteiger partial charge is 0.253 e. The molecule has 26 heavy (non-hydrogen) atoms. The van der Waals surface area contributed by atoms with Crippen LogP contribution in [0.4, 0.5) is 5.69 Å². The number of likely N-dealkylation sites (tertiary alicyclic amines) is 1. The van der Waals surface area contributed by atoms with Crippen molar-refractivity contribution >= 4 is 11.6 Å². The Bertz CT molecular complexity index is 791. The van der Waals surface area contributed by atoms with Crippen molar-refractivity contribution in [2.45, 2.75) is 37.9 Å². The van der Waals surface area contributed by atoms with Crippen LogP contribution in [0.3, 0.4) is 0 Å². The molecular formula is C22H25N3O. The van der Waals surface area contributed by atoms with Crippen LogP contribution in [0.5, 0.6) is 0 Å². The number of hydrogen-bond acceptors (Lipinski definition) is 3. The summed E-state index contributed by atoms with van der Waals surface area (Å²) >= 11 is 0. The molecule has 0 saturated carbocycles. The first kappa shape index (κ1) is 15.9. The minimum absolute atomic E-state index is 0.176. The van der Waals surface area contributed by atoms with Gasteiger partial charge in [0.25, 0.3) is 5.91 Å². The van der Waals surface area contributed by atoms with Crippen LogP contribution in [0, 0.1) is 0 Å². The lowest BCUT2D eigenvalue weighted by molar-refractivity contribution is 0.0541. The number of nitrogens with one attached hydrogen (secondary N) is 1. The maximum atomic E-state index is 12.8. The molecule has 1 amide bonds. The first-order valence-electron chi connectivity index (χ1n) is 9.69. The van der Waals surface area contributed by atoms with Gasteiger partial charge in [0.05, 0.1) is 0 Å². The van der Waals surface area contributed by atoms with Gasteiger partial charge in [-0.05, 0) is 61.2 Å². The van der Waals surface area contributed by atoms with Crippen LogP contribution in [0.1, 0.15) is 40.7 Å². The third kappa shape index (κ3) is 2.69. The molecule has 5 rings (SSSR count). The average molecular weight is 347 g/mol. The van der Waals surface area contributed by atoms with Gasteiger partial charge in [-0.3, -0.25) is 4.79 Å². The van der Waals surface area contributed by atoms with E-state index < -0.39 is 0 Å². The number of benzene rings is 2. The molecule has 3 heterocycles. The number of anilines is 1. The zero-order chi connectivity index (χ0) is 17.6. The Labute approximate surface area is 154 Å². The molecular weight excluding hydrogens is 322 g/mol. The summed E-state index contributed by atoms with van der Waals surface area (Å²) in [6.45, 7) is 4.77. The molecule has 0 radical (unpaired) electrons. The molecule has 2 aromatic carbocycles. The molecule has 4 nitrogen and oxygen atoms in total. The molecule has 0 aliphatic carbocycles. The molecule has 0 atom stereocenters. The molecule has 1 spiro atoms. The standard InChI is InChI=1S/C22H25N3O/c26-21(24-13-10-22(11-14-24)9-12-23-22)17-5-7-20(8-6-17)25-15-18-3-1-2-4-19(18)16-25/h1-8,23H,9-16H2. The van der Waals surface area contributed by atoms with E-state index in [9.17, 15) is 4.79 Å². The van der Waals surface area contributed by atoms with Gasteiger partial charge in [-0.1, -0.05) is 24.3 Å². The first-order valence-corrected chi connectivity index (χ1v) is 9.69. The summed E-state index contributed by atoms with van der Waals surface area (Å²) in [5.74, 6) is 0.176. The second-order valence-corrected chi connectivity index (χ2v) is 7.92. The largest absolute Gasteiger partial charge is 0.363 e. The second-order valence-electron chi connectivity index (χ2n) is 7.92. The van der Waals surface area contributed by atoms with E-state index in [1.54, 1.807) is 0 Å². The summed E-state index contributed by atoms with van der Waals surface area (Å²) in [5, 5.41) is 3.56. The Hall–Kier alpha value is -2.33. The zero-order valence-electron chi connectivity index (χ0n) is 15.1. The topological polar surface area (TPSA) is 35.6 Å². The van der Waals surface area contributed by atoms with Gasteiger partial charge >= 0.3 is 0 Å². The Kier molecular flexibility index (Phi) is 3.75.